The van der Waals surface area contributed by atoms with Crippen molar-refractivity contribution in [2.75, 3.05) is 20.1 Å². The quantitative estimate of drug-likeness (QED) is 0.365. The zero-order chi connectivity index (χ0) is 18.9. The van der Waals surface area contributed by atoms with Gasteiger partial charge in [-0.25, -0.2) is 4.68 Å². The molecule has 2 N–H and O–H groups in total. The van der Waals surface area contributed by atoms with E-state index in [1.165, 1.54) is 11.1 Å². The van der Waals surface area contributed by atoms with Gasteiger partial charge in [0.2, 0.25) is 0 Å². The van der Waals surface area contributed by atoms with E-state index in [1.807, 2.05) is 27.8 Å². The minimum Gasteiger partial charge on any atom is -0.356 e. The van der Waals surface area contributed by atoms with Crippen LogP contribution in [0, 0.1) is 6.92 Å². The standard InChI is InChI=1S/C20H27N7/c1-17-15-25-26(16-17)13-3-10-22-20(21-2)23-12-9-18-5-7-19(8-6-18)27-14-4-11-24-27/h4-8,11,14-16H,3,9-10,12-13H2,1-2H3,(H2,21,22,23). The largest absolute Gasteiger partial charge is 0.356 e. The molecule has 3 rings (SSSR count). The Bertz CT molecular complexity index is 832. The first-order chi connectivity index (χ1) is 13.2. The molecule has 0 fully saturated rings. The maximum absolute atomic E-state index is 4.30. The highest BCUT2D eigenvalue weighted by molar-refractivity contribution is 5.79. The highest BCUT2D eigenvalue weighted by Crippen LogP contribution is 2.08. The summed E-state index contributed by atoms with van der Waals surface area (Å²) in [7, 11) is 1.80. The molecule has 7 heteroatoms. The number of hydrogen-bond acceptors (Lipinski definition) is 3. The number of rotatable bonds is 8. The van der Waals surface area contributed by atoms with E-state index in [0.717, 1.165) is 44.1 Å². The predicted octanol–water partition coefficient (Wildman–Crippen LogP) is 2.18. The van der Waals surface area contributed by atoms with Gasteiger partial charge in [0, 0.05) is 45.3 Å². The number of guanidine groups is 1. The average molecular weight is 365 g/mol. The third-order valence-corrected chi connectivity index (χ3v) is 4.25. The van der Waals surface area contributed by atoms with Crippen LogP contribution >= 0.6 is 0 Å². The summed E-state index contributed by atoms with van der Waals surface area (Å²) in [6.45, 7) is 4.65. The molecule has 0 spiro atoms. The molecule has 0 radical (unpaired) electrons. The monoisotopic (exact) mass is 365 g/mol. The molecule has 0 bridgehead atoms. The van der Waals surface area contributed by atoms with Crippen LogP contribution < -0.4 is 10.6 Å². The van der Waals surface area contributed by atoms with Gasteiger partial charge in [0.25, 0.3) is 0 Å². The summed E-state index contributed by atoms with van der Waals surface area (Å²) >= 11 is 0. The number of nitrogens with zero attached hydrogens (tertiary/aromatic N) is 5. The first kappa shape index (κ1) is 18.7. The average Bonchev–Trinajstić information content (AvgIpc) is 3.36. The van der Waals surface area contributed by atoms with E-state index in [2.05, 4.69) is 63.2 Å². The van der Waals surface area contributed by atoms with Crippen molar-refractivity contribution in [3.05, 3.63) is 66.2 Å². The Hall–Kier alpha value is -3.09. The van der Waals surface area contributed by atoms with Crippen LogP contribution in [-0.2, 0) is 13.0 Å². The highest BCUT2D eigenvalue weighted by atomic mass is 15.3. The molecular weight excluding hydrogens is 338 g/mol. The van der Waals surface area contributed by atoms with E-state index >= 15 is 0 Å². The van der Waals surface area contributed by atoms with E-state index in [1.54, 1.807) is 13.2 Å². The third kappa shape index (κ3) is 5.70. The molecule has 0 saturated carbocycles. The number of benzene rings is 1. The fourth-order valence-electron chi connectivity index (χ4n) is 2.82. The van der Waals surface area contributed by atoms with Crippen LogP contribution in [-0.4, -0.2) is 45.7 Å². The molecule has 0 aliphatic rings. The summed E-state index contributed by atoms with van der Waals surface area (Å²) < 4.78 is 3.83. The summed E-state index contributed by atoms with van der Waals surface area (Å²) in [5.41, 5.74) is 3.54. The number of hydrogen-bond donors (Lipinski definition) is 2. The van der Waals surface area contributed by atoms with Gasteiger partial charge in [-0.1, -0.05) is 12.1 Å². The molecule has 0 unspecified atom stereocenters. The van der Waals surface area contributed by atoms with Crippen molar-refractivity contribution >= 4 is 5.96 Å². The predicted molar refractivity (Wildman–Crippen MR) is 108 cm³/mol. The molecule has 27 heavy (non-hydrogen) atoms. The summed E-state index contributed by atoms with van der Waals surface area (Å²) in [4.78, 5) is 4.28. The Labute approximate surface area is 160 Å². The van der Waals surface area contributed by atoms with Gasteiger partial charge in [-0.05, 0) is 49.1 Å². The smallest absolute Gasteiger partial charge is 0.190 e. The Morgan fingerprint density at radius 1 is 1.11 bits per heavy atom. The topological polar surface area (TPSA) is 72.1 Å². The maximum atomic E-state index is 4.30. The minimum atomic E-state index is 0.832. The van der Waals surface area contributed by atoms with Crippen LogP contribution in [0.3, 0.4) is 0 Å². The molecule has 0 saturated heterocycles. The summed E-state index contributed by atoms with van der Waals surface area (Å²) in [5, 5.41) is 15.2. The fraction of sp³-hybridized carbons (Fsp3) is 0.350. The summed E-state index contributed by atoms with van der Waals surface area (Å²) in [6, 6.07) is 10.4. The van der Waals surface area contributed by atoms with Gasteiger partial charge in [0.15, 0.2) is 5.96 Å². The van der Waals surface area contributed by atoms with Crippen molar-refractivity contribution in [3.63, 3.8) is 0 Å². The lowest BCUT2D eigenvalue weighted by molar-refractivity contribution is 0.570. The van der Waals surface area contributed by atoms with Crippen LogP contribution in [0.4, 0.5) is 0 Å². The molecule has 0 aliphatic heterocycles. The van der Waals surface area contributed by atoms with Crippen molar-refractivity contribution in [2.45, 2.75) is 26.3 Å². The van der Waals surface area contributed by atoms with Gasteiger partial charge >= 0.3 is 0 Å². The van der Waals surface area contributed by atoms with Crippen LogP contribution in [0.25, 0.3) is 5.69 Å². The molecule has 1 aromatic carbocycles. The second kappa shape index (κ2) is 9.56. The second-order valence-electron chi connectivity index (χ2n) is 6.43. The molecule has 3 aromatic rings. The molecule has 142 valence electrons. The van der Waals surface area contributed by atoms with Gasteiger partial charge in [-0.3, -0.25) is 9.67 Å². The highest BCUT2D eigenvalue weighted by Gasteiger charge is 2.00. The van der Waals surface area contributed by atoms with Crippen molar-refractivity contribution in [1.29, 1.82) is 0 Å². The summed E-state index contributed by atoms with van der Waals surface area (Å²) in [5.74, 6) is 0.833. The minimum absolute atomic E-state index is 0.832. The lowest BCUT2D eigenvalue weighted by Crippen LogP contribution is -2.39. The third-order valence-electron chi connectivity index (χ3n) is 4.25. The van der Waals surface area contributed by atoms with Crippen LogP contribution in [0.1, 0.15) is 17.5 Å². The molecule has 0 amide bonds. The van der Waals surface area contributed by atoms with Crippen molar-refractivity contribution in [3.8, 4) is 5.69 Å². The van der Waals surface area contributed by atoms with Gasteiger partial charge in [-0.15, -0.1) is 0 Å². The van der Waals surface area contributed by atoms with E-state index in [4.69, 9.17) is 0 Å². The zero-order valence-electron chi connectivity index (χ0n) is 16.0. The maximum Gasteiger partial charge on any atom is 0.190 e. The van der Waals surface area contributed by atoms with Crippen molar-refractivity contribution in [1.82, 2.24) is 30.2 Å². The van der Waals surface area contributed by atoms with E-state index in [0.29, 0.717) is 0 Å². The lowest BCUT2D eigenvalue weighted by atomic mass is 10.1. The van der Waals surface area contributed by atoms with Gasteiger partial charge < -0.3 is 10.6 Å². The Morgan fingerprint density at radius 3 is 2.59 bits per heavy atom. The van der Waals surface area contributed by atoms with Crippen LogP contribution in [0.15, 0.2) is 60.1 Å². The zero-order valence-corrected chi connectivity index (χ0v) is 16.0. The van der Waals surface area contributed by atoms with E-state index < -0.39 is 0 Å². The van der Waals surface area contributed by atoms with Gasteiger partial charge in [0.05, 0.1) is 11.9 Å². The van der Waals surface area contributed by atoms with Crippen LogP contribution in [0.2, 0.25) is 0 Å². The second-order valence-corrected chi connectivity index (χ2v) is 6.43. The molecule has 7 nitrogen and oxygen atoms in total. The van der Waals surface area contributed by atoms with Crippen molar-refractivity contribution < 1.29 is 0 Å². The van der Waals surface area contributed by atoms with E-state index in [9.17, 15) is 0 Å². The number of aromatic nitrogens is 4. The fourth-order valence-corrected chi connectivity index (χ4v) is 2.82. The molecule has 2 aromatic heterocycles. The Morgan fingerprint density at radius 2 is 1.93 bits per heavy atom. The number of aryl methyl sites for hydroxylation is 2. The lowest BCUT2D eigenvalue weighted by Gasteiger charge is -2.12. The molecule has 0 aliphatic carbocycles. The summed E-state index contributed by atoms with van der Waals surface area (Å²) in [6.07, 6.45) is 9.61. The Balaban J connectivity index is 1.35. The number of aliphatic imine (C=N–C) groups is 1. The van der Waals surface area contributed by atoms with Gasteiger partial charge in [0.1, 0.15) is 0 Å². The SMILES string of the molecule is CN=C(NCCCn1cc(C)cn1)NCCc1ccc(-n2cccn2)cc1. The molecule has 0 atom stereocenters. The van der Waals surface area contributed by atoms with Crippen LogP contribution in [0.5, 0.6) is 0 Å². The van der Waals surface area contributed by atoms with E-state index in [-0.39, 0.29) is 0 Å². The molecule has 2 heterocycles. The first-order valence-electron chi connectivity index (χ1n) is 9.27. The molecular formula is C20H27N7. The normalized spacial score (nSPS) is 11.6. The first-order valence-corrected chi connectivity index (χ1v) is 9.27. The van der Waals surface area contributed by atoms with Crippen molar-refractivity contribution in [2.24, 2.45) is 4.99 Å². The van der Waals surface area contributed by atoms with Gasteiger partial charge in [-0.2, -0.15) is 10.2 Å². The number of nitrogens with one attached hydrogen (secondary N) is 2. The Kier molecular flexibility index (Phi) is 6.62.